The molecule has 0 aromatic rings. The maximum atomic E-state index is 3.57. The minimum atomic E-state index is -1.02. The highest BCUT2D eigenvalue weighted by Gasteiger charge is 2.65. The van der Waals surface area contributed by atoms with Gasteiger partial charge < -0.3 is 0 Å². The first-order chi connectivity index (χ1) is 3.41. The van der Waals surface area contributed by atoms with Crippen molar-refractivity contribution >= 4 is 65.3 Å². The van der Waals surface area contributed by atoms with Gasteiger partial charge in [-0.25, -0.2) is 0 Å². The van der Waals surface area contributed by atoms with Gasteiger partial charge in [-0.2, -0.15) is 0 Å². The monoisotopic (exact) mass is 196 g/mol. The molecular weight excluding hydrogens is 196 g/mol. The number of hydrogen-bond donors (Lipinski definition) is 0. The summed E-state index contributed by atoms with van der Waals surface area (Å²) in [6.07, 6.45) is -2.05. The average Bonchev–Trinajstić information content (AvgIpc) is 1.20. The molecule has 0 aromatic heterocycles. The third-order valence-electron chi connectivity index (χ3n) is 0.729. The van der Waals surface area contributed by atoms with E-state index in [0.717, 1.165) is 0 Å². The smallest absolute Gasteiger partial charge is 0.0636 e. The molecule has 30 valence electrons. The first-order valence-electron chi connectivity index (χ1n) is 1.93. The third kappa shape index (κ3) is 1.92. The zero-order chi connectivity index (χ0) is 6.41. The third-order valence-corrected chi connectivity index (χ3v) is 14.9. The van der Waals surface area contributed by atoms with E-state index in [1.54, 1.807) is 0 Å². The van der Waals surface area contributed by atoms with Crippen molar-refractivity contribution in [3.05, 3.63) is 0 Å². The van der Waals surface area contributed by atoms with E-state index >= 15 is 0 Å². The molecule has 0 saturated carbocycles. The summed E-state index contributed by atoms with van der Waals surface area (Å²) in [7, 11) is 14.3. The molecular formula is B2P2Si4+2. The van der Waals surface area contributed by atoms with Crippen molar-refractivity contribution in [2.45, 2.75) is 0 Å². The maximum absolute atomic E-state index is 3.57. The molecule has 0 aromatic carbocycles. The van der Waals surface area contributed by atoms with Crippen LogP contribution in [0.1, 0.15) is 0 Å². The van der Waals surface area contributed by atoms with Gasteiger partial charge in [0.2, 0.25) is 0 Å². The van der Waals surface area contributed by atoms with Gasteiger partial charge >= 0.3 is 13.4 Å². The second kappa shape index (κ2) is 2.17. The van der Waals surface area contributed by atoms with Crippen LogP contribution in [0, 0.1) is 0 Å². The maximum Gasteiger partial charge on any atom is 0.503 e. The Morgan fingerprint density at radius 2 is 1.00 bits per heavy atom. The zero-order valence-corrected chi connectivity index (χ0v) is 9.84. The summed E-state index contributed by atoms with van der Waals surface area (Å²) in [5.74, 6) is 0. The molecule has 1 fully saturated rings. The van der Waals surface area contributed by atoms with E-state index in [-0.39, 0.29) is 0 Å². The van der Waals surface area contributed by atoms with Crippen molar-refractivity contribution in [1.29, 1.82) is 0 Å². The van der Waals surface area contributed by atoms with Crippen molar-refractivity contribution in [3.8, 4) is 0 Å². The van der Waals surface area contributed by atoms with Crippen LogP contribution in [0.4, 0.5) is 0 Å². The van der Waals surface area contributed by atoms with Gasteiger partial charge in [-0.1, -0.05) is 12.2 Å². The molecule has 0 atom stereocenters. The molecule has 1 aliphatic heterocycles. The fourth-order valence-corrected chi connectivity index (χ4v) is 26.5. The van der Waals surface area contributed by atoms with Crippen LogP contribution < -0.4 is 0 Å². The first-order valence-corrected chi connectivity index (χ1v) is 11.1. The van der Waals surface area contributed by atoms with Gasteiger partial charge in [0.1, 0.15) is 0 Å². The van der Waals surface area contributed by atoms with Crippen LogP contribution in [0.25, 0.3) is 0 Å². The second-order valence-corrected chi connectivity index (χ2v) is 18.3. The molecule has 0 N–H and O–H groups in total. The van der Waals surface area contributed by atoms with Crippen molar-refractivity contribution in [1.82, 2.24) is 0 Å². The fourth-order valence-electron chi connectivity index (χ4n) is 0.564. The Bertz CT molecular complexity index is 88.6. The minimum absolute atomic E-state index is 1.02. The van der Waals surface area contributed by atoms with Crippen LogP contribution in [0.15, 0.2) is 0 Å². The molecule has 0 spiro atoms. The molecule has 0 unspecified atom stereocenters. The van der Waals surface area contributed by atoms with Gasteiger partial charge in [0.15, 0.2) is 0 Å². The lowest BCUT2D eigenvalue weighted by molar-refractivity contribution is 3.82. The lowest BCUT2D eigenvalue weighted by Crippen LogP contribution is -2.28. The van der Waals surface area contributed by atoms with E-state index in [1.165, 1.54) is 0 Å². The summed E-state index contributed by atoms with van der Waals surface area (Å²) in [6.45, 7) is 4.50. The zero-order valence-electron chi connectivity index (χ0n) is 4.05. The summed E-state index contributed by atoms with van der Waals surface area (Å²) in [6, 6.07) is 0. The molecule has 8 heavy (non-hydrogen) atoms. The van der Waals surface area contributed by atoms with Crippen LogP contribution >= 0.6 is 12.2 Å². The molecule has 0 aliphatic carbocycles. The van der Waals surface area contributed by atoms with E-state index in [2.05, 4.69) is 53.1 Å². The van der Waals surface area contributed by atoms with E-state index in [1.807, 2.05) is 0 Å². The Hall–Kier alpha value is 1.86. The highest BCUT2D eigenvalue weighted by atomic mass is 31.7. The van der Waals surface area contributed by atoms with E-state index in [4.69, 9.17) is 0 Å². The lowest BCUT2D eigenvalue weighted by atomic mass is 10.6. The molecule has 0 bridgehead atoms. The van der Waals surface area contributed by atoms with Gasteiger partial charge in [-0.15, -0.1) is 0 Å². The minimum Gasteiger partial charge on any atom is -0.0636 e. The topological polar surface area (TPSA) is 0 Å². The second-order valence-electron chi connectivity index (χ2n) is 1.79. The van der Waals surface area contributed by atoms with Crippen LogP contribution in [-0.4, -0.2) is 53.1 Å². The molecule has 1 saturated heterocycles. The molecule has 1 heterocycles. The first kappa shape index (κ1) is 7.96. The molecule has 0 amide bonds. The fraction of sp³-hybridized carbons (Fsp3) is 0. The highest BCUT2D eigenvalue weighted by molar-refractivity contribution is 8.86. The average molecular weight is 196 g/mol. The number of rotatable bonds is 0. The van der Waals surface area contributed by atoms with Gasteiger partial charge in [-0.05, 0) is 0 Å². The molecule has 1 aliphatic rings. The lowest BCUT2D eigenvalue weighted by Gasteiger charge is -2.28. The Balaban J connectivity index is 2.42. The van der Waals surface area contributed by atoms with Gasteiger partial charge in [0.05, 0.1) is 0 Å². The van der Waals surface area contributed by atoms with E-state index in [9.17, 15) is 0 Å². The van der Waals surface area contributed by atoms with Crippen LogP contribution in [0.2, 0.25) is 0 Å². The van der Waals surface area contributed by atoms with Crippen molar-refractivity contribution < 1.29 is 0 Å². The van der Waals surface area contributed by atoms with Crippen molar-refractivity contribution in [3.63, 3.8) is 0 Å². The van der Waals surface area contributed by atoms with Gasteiger partial charge in [0, 0.05) is 0 Å². The molecule has 1 rings (SSSR count). The largest absolute Gasteiger partial charge is 0.503 e. The summed E-state index contributed by atoms with van der Waals surface area (Å²) in [5, 5.41) is 0. The standard InChI is InChI=1S/B2P2Si4/c5-3(6)1-4(7,8)2-3/q+2. The summed E-state index contributed by atoms with van der Waals surface area (Å²) < 4.78 is 0. The summed E-state index contributed by atoms with van der Waals surface area (Å²) in [4.78, 5) is 0. The normalized spacial score (nSPS) is 29.5. The quantitative estimate of drug-likeness (QED) is 0.359. The number of hydrogen-bond acceptors (Lipinski definition) is 0. The predicted molar refractivity (Wildman–Crippen MR) is 48.4 cm³/mol. The summed E-state index contributed by atoms with van der Waals surface area (Å²) >= 11 is 0. The van der Waals surface area contributed by atoms with Crippen molar-refractivity contribution in [2.24, 2.45) is 0 Å². The Kier molecular flexibility index (Phi) is 2.16. The van der Waals surface area contributed by atoms with Crippen LogP contribution in [-0.2, 0) is 0 Å². The molecule has 8 heteroatoms. The van der Waals surface area contributed by atoms with Gasteiger partial charge in [0.25, 0.3) is 39.6 Å². The molecule has 0 nitrogen and oxygen atoms in total. The predicted octanol–water partition coefficient (Wildman–Crippen LogP) is -0.562. The van der Waals surface area contributed by atoms with E-state index in [0.29, 0.717) is 0 Å². The molecule has 14 radical (unpaired) electrons. The SMILES string of the molecule is [Si][P+]1([Si])[B][P+]([Si])([Si])[B]1. The Labute approximate surface area is 65.4 Å². The highest BCUT2D eigenvalue weighted by Crippen LogP contribution is 2.77. The van der Waals surface area contributed by atoms with Crippen LogP contribution in [0.3, 0.4) is 0 Å². The Morgan fingerprint density at radius 1 is 0.750 bits per heavy atom. The van der Waals surface area contributed by atoms with Crippen molar-refractivity contribution in [2.75, 3.05) is 0 Å². The summed E-state index contributed by atoms with van der Waals surface area (Å²) in [5.41, 5.74) is 0. The Morgan fingerprint density at radius 3 is 1.00 bits per heavy atom. The van der Waals surface area contributed by atoms with Gasteiger partial charge in [-0.3, -0.25) is 0 Å². The van der Waals surface area contributed by atoms with Crippen LogP contribution in [0.5, 0.6) is 0 Å². The van der Waals surface area contributed by atoms with E-state index < -0.39 is 12.2 Å².